The zero-order valence-electron chi connectivity index (χ0n) is 20.2. The first-order chi connectivity index (χ1) is 16.8. The Morgan fingerprint density at radius 1 is 1.00 bits per heavy atom. The zero-order chi connectivity index (χ0) is 25.4. The molecule has 7 heteroatoms. The van der Waals surface area contributed by atoms with Crippen LogP contribution in [0.1, 0.15) is 29.2 Å². The van der Waals surface area contributed by atoms with Gasteiger partial charge in [-0.2, -0.15) is 0 Å². The Kier molecular flexibility index (Phi) is 9.75. The van der Waals surface area contributed by atoms with Crippen LogP contribution < -0.4 is 10.1 Å². The number of aryl methyl sites for hydroxylation is 2. The number of ether oxygens (including phenoxy) is 1. The molecule has 0 bridgehead atoms. The molecule has 35 heavy (non-hydrogen) atoms. The minimum absolute atomic E-state index is 0.193. The average molecular weight is 558 g/mol. The van der Waals surface area contributed by atoms with Crippen LogP contribution in [0.5, 0.6) is 5.75 Å². The molecule has 1 atom stereocenters. The van der Waals surface area contributed by atoms with Gasteiger partial charge in [-0.15, -0.1) is 0 Å². The first-order valence-corrected chi connectivity index (χ1v) is 12.7. The molecule has 0 aliphatic rings. The number of carbonyl (C=O) groups excluding carboxylic acids is 2. The highest BCUT2D eigenvalue weighted by molar-refractivity contribution is 9.10. The van der Waals surface area contributed by atoms with Crippen LogP contribution in [0.25, 0.3) is 0 Å². The SMILES string of the molecule is CCNC(=O)C(Cc1ccccc1)N(Cc1ccc(Br)cc1)C(=O)COc1cc(C)c(Cl)c(C)c1. The second-order valence-electron chi connectivity index (χ2n) is 8.41. The highest BCUT2D eigenvalue weighted by Crippen LogP contribution is 2.26. The van der Waals surface area contributed by atoms with Gasteiger partial charge >= 0.3 is 0 Å². The molecule has 3 rings (SSSR count). The van der Waals surface area contributed by atoms with E-state index in [1.54, 1.807) is 4.90 Å². The Bertz CT molecular complexity index is 1130. The molecule has 0 aliphatic carbocycles. The Morgan fingerprint density at radius 2 is 1.63 bits per heavy atom. The van der Waals surface area contributed by atoms with E-state index in [4.69, 9.17) is 16.3 Å². The molecule has 1 unspecified atom stereocenters. The number of hydrogen-bond donors (Lipinski definition) is 1. The number of nitrogens with zero attached hydrogens (tertiary/aromatic N) is 1. The molecule has 3 aromatic rings. The summed E-state index contributed by atoms with van der Waals surface area (Å²) in [4.78, 5) is 28.3. The molecule has 3 aromatic carbocycles. The Morgan fingerprint density at radius 3 is 2.23 bits per heavy atom. The van der Waals surface area contributed by atoms with E-state index in [0.29, 0.717) is 23.7 Å². The van der Waals surface area contributed by atoms with E-state index in [0.717, 1.165) is 26.7 Å². The fourth-order valence-electron chi connectivity index (χ4n) is 3.85. The van der Waals surface area contributed by atoms with Gasteiger partial charge in [-0.05, 0) is 67.3 Å². The minimum atomic E-state index is -0.689. The van der Waals surface area contributed by atoms with E-state index in [-0.39, 0.29) is 25.0 Å². The number of rotatable bonds is 10. The summed E-state index contributed by atoms with van der Waals surface area (Å²) in [5, 5.41) is 3.58. The number of amides is 2. The highest BCUT2D eigenvalue weighted by atomic mass is 79.9. The molecule has 2 amide bonds. The number of likely N-dealkylation sites (N-methyl/N-ethyl adjacent to an activating group) is 1. The van der Waals surface area contributed by atoms with Crippen molar-refractivity contribution >= 4 is 39.3 Å². The van der Waals surface area contributed by atoms with Gasteiger partial charge in [-0.25, -0.2) is 0 Å². The molecule has 184 valence electrons. The second-order valence-corrected chi connectivity index (χ2v) is 9.70. The van der Waals surface area contributed by atoms with Crippen molar-refractivity contribution in [3.8, 4) is 5.75 Å². The standard InChI is InChI=1S/C28H30BrClN2O3/c1-4-31-28(34)25(16-21-8-6-5-7-9-21)32(17-22-10-12-23(29)13-11-22)26(33)18-35-24-14-19(2)27(30)20(3)15-24/h5-15,25H,4,16-18H2,1-3H3,(H,31,34). The fraction of sp³-hybridized carbons (Fsp3) is 0.286. The summed E-state index contributed by atoms with van der Waals surface area (Å²) in [6, 6.07) is 20.4. The third kappa shape index (κ3) is 7.58. The molecule has 0 heterocycles. The van der Waals surface area contributed by atoms with Crippen LogP contribution in [0.2, 0.25) is 5.02 Å². The van der Waals surface area contributed by atoms with Crippen LogP contribution in [0.4, 0.5) is 0 Å². The van der Waals surface area contributed by atoms with Crippen LogP contribution in [0.3, 0.4) is 0 Å². The average Bonchev–Trinajstić information content (AvgIpc) is 2.85. The lowest BCUT2D eigenvalue weighted by Gasteiger charge is -2.31. The predicted molar refractivity (Wildman–Crippen MR) is 144 cm³/mol. The molecule has 0 spiro atoms. The van der Waals surface area contributed by atoms with Gasteiger partial charge in [0.05, 0.1) is 0 Å². The van der Waals surface area contributed by atoms with Crippen molar-refractivity contribution in [3.05, 3.63) is 98.5 Å². The molecule has 0 fully saturated rings. The minimum Gasteiger partial charge on any atom is -0.484 e. The molecular formula is C28H30BrClN2O3. The second kappa shape index (κ2) is 12.8. The molecule has 0 saturated carbocycles. The maximum absolute atomic E-state index is 13.6. The van der Waals surface area contributed by atoms with Crippen LogP contribution in [-0.4, -0.2) is 35.9 Å². The summed E-state index contributed by atoms with van der Waals surface area (Å²) < 4.78 is 6.82. The molecular weight excluding hydrogens is 528 g/mol. The molecule has 0 saturated heterocycles. The van der Waals surface area contributed by atoms with Gasteiger partial charge in [-0.3, -0.25) is 9.59 Å². The van der Waals surface area contributed by atoms with Gasteiger partial charge < -0.3 is 15.0 Å². The van der Waals surface area contributed by atoms with Gasteiger partial charge in [-0.1, -0.05) is 70.0 Å². The molecule has 5 nitrogen and oxygen atoms in total. The molecule has 0 aromatic heterocycles. The van der Waals surface area contributed by atoms with Gasteiger partial charge in [0.15, 0.2) is 6.61 Å². The lowest BCUT2D eigenvalue weighted by Crippen LogP contribution is -2.51. The van der Waals surface area contributed by atoms with Crippen molar-refractivity contribution in [2.75, 3.05) is 13.2 Å². The molecule has 1 N–H and O–H groups in total. The van der Waals surface area contributed by atoms with Crippen molar-refractivity contribution in [2.45, 2.75) is 39.8 Å². The summed E-state index contributed by atoms with van der Waals surface area (Å²) in [6.07, 6.45) is 0.397. The number of hydrogen-bond acceptors (Lipinski definition) is 3. The van der Waals surface area contributed by atoms with Crippen molar-refractivity contribution in [1.29, 1.82) is 0 Å². The smallest absolute Gasteiger partial charge is 0.261 e. The maximum Gasteiger partial charge on any atom is 0.261 e. The number of nitrogens with one attached hydrogen (secondary N) is 1. The maximum atomic E-state index is 13.6. The third-order valence-corrected chi connectivity index (χ3v) is 6.79. The van der Waals surface area contributed by atoms with Crippen molar-refractivity contribution in [2.24, 2.45) is 0 Å². The normalized spacial score (nSPS) is 11.6. The van der Waals surface area contributed by atoms with E-state index >= 15 is 0 Å². The zero-order valence-corrected chi connectivity index (χ0v) is 22.5. The van der Waals surface area contributed by atoms with Crippen LogP contribution >= 0.6 is 27.5 Å². The van der Waals surface area contributed by atoms with Gasteiger partial charge in [0, 0.05) is 29.0 Å². The molecule has 0 radical (unpaired) electrons. The number of benzene rings is 3. The Hall–Kier alpha value is -2.83. The lowest BCUT2D eigenvalue weighted by molar-refractivity contribution is -0.142. The third-order valence-electron chi connectivity index (χ3n) is 5.66. The van der Waals surface area contributed by atoms with Gasteiger partial charge in [0.1, 0.15) is 11.8 Å². The lowest BCUT2D eigenvalue weighted by atomic mass is 10.0. The Labute approximate surface area is 220 Å². The van der Waals surface area contributed by atoms with Crippen molar-refractivity contribution in [1.82, 2.24) is 10.2 Å². The van der Waals surface area contributed by atoms with E-state index < -0.39 is 6.04 Å². The summed E-state index contributed by atoms with van der Waals surface area (Å²) in [5.74, 6) is 0.101. The predicted octanol–water partition coefficient (Wildman–Crippen LogP) is 5.87. The van der Waals surface area contributed by atoms with E-state index in [1.165, 1.54) is 0 Å². The van der Waals surface area contributed by atoms with E-state index in [1.807, 2.05) is 87.5 Å². The van der Waals surface area contributed by atoms with E-state index in [2.05, 4.69) is 21.2 Å². The summed E-state index contributed by atoms with van der Waals surface area (Å²) >= 11 is 9.72. The largest absolute Gasteiger partial charge is 0.484 e. The first kappa shape index (κ1) is 26.8. The van der Waals surface area contributed by atoms with Crippen LogP contribution in [-0.2, 0) is 22.6 Å². The summed E-state index contributed by atoms with van der Waals surface area (Å²) in [7, 11) is 0. The first-order valence-electron chi connectivity index (χ1n) is 11.5. The quantitative estimate of drug-likeness (QED) is 0.339. The number of halogens is 2. The number of carbonyl (C=O) groups is 2. The highest BCUT2D eigenvalue weighted by Gasteiger charge is 2.30. The van der Waals surface area contributed by atoms with Crippen molar-refractivity contribution < 1.29 is 14.3 Å². The fourth-order valence-corrected chi connectivity index (χ4v) is 4.22. The monoisotopic (exact) mass is 556 g/mol. The van der Waals surface area contributed by atoms with Gasteiger partial charge in [0.25, 0.3) is 5.91 Å². The summed E-state index contributed by atoms with van der Waals surface area (Å²) in [6.45, 7) is 6.23. The Balaban J connectivity index is 1.89. The topological polar surface area (TPSA) is 58.6 Å². The van der Waals surface area contributed by atoms with Crippen molar-refractivity contribution in [3.63, 3.8) is 0 Å². The van der Waals surface area contributed by atoms with E-state index in [9.17, 15) is 9.59 Å². The van der Waals surface area contributed by atoms with Crippen LogP contribution in [0, 0.1) is 13.8 Å². The summed E-state index contributed by atoms with van der Waals surface area (Å²) in [5.41, 5.74) is 3.65. The molecule has 0 aliphatic heterocycles. The van der Waals surface area contributed by atoms with Crippen LogP contribution in [0.15, 0.2) is 71.2 Å². The van der Waals surface area contributed by atoms with Gasteiger partial charge in [0.2, 0.25) is 5.91 Å².